The van der Waals surface area contributed by atoms with E-state index < -0.39 is 0 Å². The lowest BCUT2D eigenvalue weighted by Gasteiger charge is -2.25. The fraction of sp³-hybridized carbons (Fsp3) is 0.316. The number of halogens is 2. The van der Waals surface area contributed by atoms with Crippen molar-refractivity contribution in [3.63, 3.8) is 0 Å². The maximum atomic E-state index is 12.8. The third-order valence-corrected chi connectivity index (χ3v) is 4.88. The molecule has 24 heavy (non-hydrogen) atoms. The van der Waals surface area contributed by atoms with Gasteiger partial charge in [-0.3, -0.25) is 4.79 Å². The van der Waals surface area contributed by atoms with Crippen molar-refractivity contribution in [2.24, 2.45) is 0 Å². The molecule has 3 rings (SSSR count). The van der Waals surface area contributed by atoms with Gasteiger partial charge in [0.2, 0.25) is 0 Å². The van der Waals surface area contributed by atoms with Gasteiger partial charge in [-0.15, -0.1) is 0 Å². The van der Waals surface area contributed by atoms with E-state index in [1.54, 1.807) is 6.07 Å². The van der Waals surface area contributed by atoms with Crippen molar-refractivity contribution in [3.05, 3.63) is 69.7 Å². The van der Waals surface area contributed by atoms with Crippen LogP contribution in [-0.2, 0) is 11.3 Å². The van der Waals surface area contributed by atoms with E-state index in [4.69, 9.17) is 23.2 Å². The lowest BCUT2D eigenvalue weighted by molar-refractivity contribution is -0.916. The van der Waals surface area contributed by atoms with Crippen LogP contribution in [0.1, 0.15) is 30.0 Å². The number of likely N-dealkylation sites (N-methyl/N-ethyl adjacent to an activating group) is 1. The van der Waals surface area contributed by atoms with Crippen LogP contribution in [-0.4, -0.2) is 19.0 Å². The second kappa shape index (κ2) is 7.56. The zero-order valence-corrected chi connectivity index (χ0v) is 15.1. The molecule has 2 atom stereocenters. The van der Waals surface area contributed by atoms with E-state index in [0.29, 0.717) is 22.6 Å². The van der Waals surface area contributed by atoms with Crippen LogP contribution in [0.2, 0.25) is 10.0 Å². The van der Waals surface area contributed by atoms with Crippen LogP contribution >= 0.6 is 23.2 Å². The largest absolute Gasteiger partial charge is 0.348 e. The topological polar surface area (TPSA) is 33.5 Å². The standard InChI is InChI=1S/C19H20Cl2N2O/c1-23(12-14-7-8-15(20)11-17(14)21)18(13-5-3-2-4-6-13)19(24)22-16-9-10-16/h2-8,11,16,18H,9-10,12H2,1H3,(H,22,24)/p+1/t18-/m0/s1. The first-order chi connectivity index (χ1) is 11.5. The van der Waals surface area contributed by atoms with Gasteiger partial charge in [-0.1, -0.05) is 59.6 Å². The van der Waals surface area contributed by atoms with Gasteiger partial charge in [0.05, 0.1) is 12.1 Å². The maximum absolute atomic E-state index is 12.8. The van der Waals surface area contributed by atoms with Crippen LogP contribution in [0, 0.1) is 0 Å². The van der Waals surface area contributed by atoms with Gasteiger partial charge >= 0.3 is 0 Å². The Hall–Kier alpha value is -1.55. The summed E-state index contributed by atoms with van der Waals surface area (Å²) in [6.07, 6.45) is 2.16. The molecular weight excluding hydrogens is 343 g/mol. The number of carbonyl (C=O) groups is 1. The fourth-order valence-corrected chi connectivity index (χ4v) is 3.36. The smallest absolute Gasteiger partial charge is 0.283 e. The quantitative estimate of drug-likeness (QED) is 0.812. The summed E-state index contributed by atoms with van der Waals surface area (Å²) < 4.78 is 0. The average Bonchev–Trinajstić information content (AvgIpc) is 3.35. The Balaban J connectivity index is 1.82. The van der Waals surface area contributed by atoms with Crippen LogP contribution < -0.4 is 10.2 Å². The van der Waals surface area contributed by atoms with Gasteiger partial charge in [0.25, 0.3) is 5.91 Å². The monoisotopic (exact) mass is 363 g/mol. The van der Waals surface area contributed by atoms with Crippen molar-refractivity contribution >= 4 is 29.1 Å². The summed E-state index contributed by atoms with van der Waals surface area (Å²) in [5.74, 6) is 0.0753. The second-order valence-electron chi connectivity index (χ2n) is 6.39. The number of rotatable bonds is 6. The first-order valence-electron chi connectivity index (χ1n) is 8.16. The van der Waals surface area contributed by atoms with E-state index in [2.05, 4.69) is 5.32 Å². The molecule has 3 nitrogen and oxygen atoms in total. The summed E-state index contributed by atoms with van der Waals surface area (Å²) in [6.45, 7) is 0.646. The predicted molar refractivity (Wildman–Crippen MR) is 97.4 cm³/mol. The summed E-state index contributed by atoms with van der Waals surface area (Å²) >= 11 is 12.3. The van der Waals surface area contributed by atoms with Crippen molar-refractivity contribution < 1.29 is 9.69 Å². The molecule has 1 saturated carbocycles. The van der Waals surface area contributed by atoms with Gasteiger partial charge in [-0.2, -0.15) is 0 Å². The van der Waals surface area contributed by atoms with E-state index in [9.17, 15) is 4.79 Å². The Labute approximate surface area is 152 Å². The van der Waals surface area contributed by atoms with E-state index in [1.165, 1.54) is 0 Å². The first kappa shape index (κ1) is 17.3. The Morgan fingerprint density at radius 2 is 1.92 bits per heavy atom. The highest BCUT2D eigenvalue weighted by Crippen LogP contribution is 2.22. The van der Waals surface area contributed by atoms with Gasteiger partial charge in [-0.25, -0.2) is 0 Å². The van der Waals surface area contributed by atoms with Crippen molar-refractivity contribution in [2.45, 2.75) is 31.5 Å². The summed E-state index contributed by atoms with van der Waals surface area (Å²) in [4.78, 5) is 13.9. The summed E-state index contributed by atoms with van der Waals surface area (Å²) in [6, 6.07) is 15.5. The van der Waals surface area contributed by atoms with Crippen molar-refractivity contribution in [1.29, 1.82) is 0 Å². The first-order valence-corrected chi connectivity index (χ1v) is 8.92. The van der Waals surface area contributed by atoms with E-state index in [0.717, 1.165) is 28.9 Å². The number of quaternary nitrogens is 1. The van der Waals surface area contributed by atoms with Crippen LogP contribution in [0.4, 0.5) is 0 Å². The fourth-order valence-electron chi connectivity index (χ4n) is 2.88. The van der Waals surface area contributed by atoms with Crippen LogP contribution in [0.15, 0.2) is 48.5 Å². The van der Waals surface area contributed by atoms with Crippen molar-refractivity contribution in [3.8, 4) is 0 Å². The molecule has 1 fully saturated rings. The molecule has 0 bridgehead atoms. The molecule has 0 heterocycles. The molecule has 1 unspecified atom stereocenters. The summed E-state index contributed by atoms with van der Waals surface area (Å²) in [5, 5.41) is 4.38. The molecule has 0 radical (unpaired) electrons. The number of nitrogens with one attached hydrogen (secondary N) is 2. The van der Waals surface area contributed by atoms with Crippen molar-refractivity contribution in [2.75, 3.05) is 7.05 Å². The Morgan fingerprint density at radius 1 is 1.21 bits per heavy atom. The average molecular weight is 364 g/mol. The molecule has 0 aliphatic heterocycles. The molecule has 2 aromatic carbocycles. The number of hydrogen-bond donors (Lipinski definition) is 2. The normalized spacial score (nSPS) is 16.5. The molecule has 0 saturated heterocycles. The second-order valence-corrected chi connectivity index (χ2v) is 7.23. The third kappa shape index (κ3) is 4.29. The highest BCUT2D eigenvalue weighted by atomic mass is 35.5. The molecule has 0 aromatic heterocycles. The maximum Gasteiger partial charge on any atom is 0.283 e. The Kier molecular flexibility index (Phi) is 5.44. The molecule has 1 amide bonds. The molecule has 1 aliphatic carbocycles. The van der Waals surface area contributed by atoms with E-state index >= 15 is 0 Å². The number of carbonyl (C=O) groups excluding carboxylic acids is 1. The molecule has 5 heteroatoms. The summed E-state index contributed by atoms with van der Waals surface area (Å²) in [7, 11) is 2.02. The molecule has 2 N–H and O–H groups in total. The minimum Gasteiger partial charge on any atom is -0.348 e. The molecule has 1 aliphatic rings. The zero-order chi connectivity index (χ0) is 17.1. The van der Waals surface area contributed by atoms with Gasteiger partial charge < -0.3 is 10.2 Å². The highest BCUT2D eigenvalue weighted by molar-refractivity contribution is 6.35. The molecule has 0 spiro atoms. The van der Waals surface area contributed by atoms with Crippen LogP contribution in [0.5, 0.6) is 0 Å². The predicted octanol–water partition coefficient (Wildman–Crippen LogP) is 3.03. The lowest BCUT2D eigenvalue weighted by Crippen LogP contribution is -3.09. The number of benzene rings is 2. The minimum atomic E-state index is -0.265. The van der Waals surface area contributed by atoms with Gasteiger partial charge in [0, 0.05) is 22.2 Å². The van der Waals surface area contributed by atoms with Gasteiger partial charge in [0.1, 0.15) is 6.54 Å². The molecule has 126 valence electrons. The lowest BCUT2D eigenvalue weighted by atomic mass is 10.0. The summed E-state index contributed by atoms with van der Waals surface area (Å²) in [5.41, 5.74) is 2.00. The molecular formula is C19H21Cl2N2O+. The minimum absolute atomic E-state index is 0.0753. The zero-order valence-electron chi connectivity index (χ0n) is 13.6. The van der Waals surface area contributed by atoms with E-state index in [1.807, 2.05) is 49.5 Å². The molecule has 2 aromatic rings. The Morgan fingerprint density at radius 3 is 2.54 bits per heavy atom. The van der Waals surface area contributed by atoms with Gasteiger partial charge in [0.15, 0.2) is 6.04 Å². The number of hydrogen-bond acceptors (Lipinski definition) is 1. The third-order valence-electron chi connectivity index (χ3n) is 4.30. The SMILES string of the molecule is C[NH+](Cc1ccc(Cl)cc1Cl)[C@H](C(=O)NC1CC1)c1ccccc1. The van der Waals surface area contributed by atoms with Gasteiger partial charge in [-0.05, 0) is 25.0 Å². The highest BCUT2D eigenvalue weighted by Gasteiger charge is 2.33. The van der Waals surface area contributed by atoms with Crippen LogP contribution in [0.25, 0.3) is 0 Å². The van der Waals surface area contributed by atoms with E-state index in [-0.39, 0.29) is 11.9 Å². The Bertz CT molecular complexity index is 717. The van der Waals surface area contributed by atoms with Crippen LogP contribution in [0.3, 0.4) is 0 Å². The van der Waals surface area contributed by atoms with Crippen molar-refractivity contribution in [1.82, 2.24) is 5.32 Å². The number of amides is 1.